The number of halogens is 1. The number of piperidine rings is 1. The Hall–Kier alpha value is -2.18. The van der Waals surface area contributed by atoms with Crippen molar-refractivity contribution in [3.63, 3.8) is 0 Å². The highest BCUT2D eigenvalue weighted by atomic mass is 35.5. The topological polar surface area (TPSA) is 61.4 Å². The molecule has 6 nitrogen and oxygen atoms in total. The number of fused-ring (bicyclic) bond motifs is 1. The van der Waals surface area contributed by atoms with Crippen LogP contribution in [0.15, 0.2) is 42.7 Å². The van der Waals surface area contributed by atoms with Crippen LogP contribution in [0.1, 0.15) is 18.4 Å². The number of likely N-dealkylation sites (tertiary alicyclic amines) is 1. The third-order valence-corrected chi connectivity index (χ3v) is 6.03. The maximum atomic E-state index is 13.0. The normalized spacial score (nSPS) is 25.3. The molecule has 7 heteroatoms. The summed E-state index contributed by atoms with van der Waals surface area (Å²) in [6.07, 6.45) is 5.37. The van der Waals surface area contributed by atoms with Crippen LogP contribution in [0.2, 0.25) is 5.02 Å². The van der Waals surface area contributed by atoms with E-state index in [1.54, 1.807) is 19.4 Å². The summed E-state index contributed by atoms with van der Waals surface area (Å²) in [4.78, 5) is 26.5. The third kappa shape index (κ3) is 3.39. The van der Waals surface area contributed by atoms with Crippen molar-refractivity contribution in [2.24, 2.45) is 5.41 Å². The number of rotatable bonds is 4. The Kier molecular flexibility index (Phi) is 5.02. The number of hydrogen-bond donors (Lipinski definition) is 1. The summed E-state index contributed by atoms with van der Waals surface area (Å²) >= 11 is 6.01. The molecular weight excluding hydrogens is 362 g/mol. The Morgan fingerprint density at radius 3 is 2.74 bits per heavy atom. The van der Waals surface area contributed by atoms with Crippen molar-refractivity contribution in [3.05, 3.63) is 53.3 Å². The minimum atomic E-state index is -0.432. The summed E-state index contributed by atoms with van der Waals surface area (Å²) in [6, 6.07) is 9.82. The van der Waals surface area contributed by atoms with E-state index in [-0.39, 0.29) is 11.9 Å². The number of amides is 1. The van der Waals surface area contributed by atoms with Crippen molar-refractivity contribution in [1.82, 2.24) is 20.2 Å². The molecule has 1 aromatic heterocycles. The van der Waals surface area contributed by atoms with Crippen molar-refractivity contribution >= 4 is 23.5 Å². The lowest BCUT2D eigenvalue weighted by Crippen LogP contribution is -2.58. The van der Waals surface area contributed by atoms with Crippen LogP contribution in [0, 0.1) is 5.41 Å². The largest absolute Gasteiger partial charge is 0.359 e. The first kappa shape index (κ1) is 18.2. The van der Waals surface area contributed by atoms with Crippen LogP contribution < -0.4 is 10.2 Å². The number of carbonyl (C=O) groups is 1. The van der Waals surface area contributed by atoms with Crippen molar-refractivity contribution < 1.29 is 4.79 Å². The molecule has 2 fully saturated rings. The molecule has 1 amide bonds. The Bertz CT molecular complexity index is 800. The van der Waals surface area contributed by atoms with Gasteiger partial charge in [-0.25, -0.2) is 9.97 Å². The summed E-state index contributed by atoms with van der Waals surface area (Å²) in [5.74, 6) is 0.829. The SMILES string of the molecule is CNC(=O)[C@]12CCCN(c3ncccn3)[C@H]1CN(Cc1ccc(Cl)cc1)C2. The van der Waals surface area contributed by atoms with Crippen LogP contribution in [0.3, 0.4) is 0 Å². The van der Waals surface area contributed by atoms with Gasteiger partial charge in [-0.1, -0.05) is 23.7 Å². The zero-order valence-electron chi connectivity index (χ0n) is 15.4. The monoisotopic (exact) mass is 385 g/mol. The van der Waals surface area contributed by atoms with Crippen LogP contribution >= 0.6 is 11.6 Å². The lowest BCUT2D eigenvalue weighted by molar-refractivity contribution is -0.131. The van der Waals surface area contributed by atoms with Gasteiger partial charge in [-0.2, -0.15) is 0 Å². The summed E-state index contributed by atoms with van der Waals surface area (Å²) in [5.41, 5.74) is 0.770. The van der Waals surface area contributed by atoms with Gasteiger partial charge in [-0.05, 0) is 36.6 Å². The molecular formula is C20H24ClN5O. The Balaban J connectivity index is 1.62. The molecule has 1 N–H and O–H groups in total. The molecule has 2 saturated heterocycles. The van der Waals surface area contributed by atoms with Crippen LogP contribution in [-0.2, 0) is 11.3 Å². The number of benzene rings is 1. The van der Waals surface area contributed by atoms with E-state index in [9.17, 15) is 4.79 Å². The summed E-state index contributed by atoms with van der Waals surface area (Å²) in [6.45, 7) is 3.23. The quantitative estimate of drug-likeness (QED) is 0.875. The Morgan fingerprint density at radius 1 is 1.30 bits per heavy atom. The predicted molar refractivity (Wildman–Crippen MR) is 106 cm³/mol. The van der Waals surface area contributed by atoms with Crippen molar-refractivity contribution in [2.45, 2.75) is 25.4 Å². The van der Waals surface area contributed by atoms with Crippen LogP contribution in [0.5, 0.6) is 0 Å². The molecule has 0 radical (unpaired) electrons. The minimum absolute atomic E-state index is 0.0703. The number of nitrogens with zero attached hydrogens (tertiary/aromatic N) is 4. The van der Waals surface area contributed by atoms with E-state index in [1.807, 2.05) is 18.2 Å². The van der Waals surface area contributed by atoms with Crippen molar-refractivity contribution in [2.75, 3.05) is 31.6 Å². The predicted octanol–water partition coefficient (Wildman–Crippen LogP) is 2.35. The highest BCUT2D eigenvalue weighted by molar-refractivity contribution is 6.30. The molecule has 27 heavy (non-hydrogen) atoms. The zero-order chi connectivity index (χ0) is 18.9. The maximum Gasteiger partial charge on any atom is 0.229 e. The Labute approximate surface area is 164 Å². The first-order valence-corrected chi connectivity index (χ1v) is 9.73. The van der Waals surface area contributed by atoms with E-state index >= 15 is 0 Å². The fourth-order valence-corrected chi connectivity index (χ4v) is 4.71. The second kappa shape index (κ2) is 7.44. The molecule has 0 unspecified atom stereocenters. The van der Waals surface area contributed by atoms with Gasteiger partial charge < -0.3 is 10.2 Å². The lowest BCUT2D eigenvalue weighted by atomic mass is 9.74. The average Bonchev–Trinajstić information content (AvgIpc) is 3.09. The van der Waals surface area contributed by atoms with Crippen molar-refractivity contribution in [1.29, 1.82) is 0 Å². The highest BCUT2D eigenvalue weighted by Crippen LogP contribution is 2.43. The van der Waals surface area contributed by atoms with E-state index in [4.69, 9.17) is 11.6 Å². The van der Waals surface area contributed by atoms with Gasteiger partial charge >= 0.3 is 0 Å². The Morgan fingerprint density at radius 2 is 2.04 bits per heavy atom. The molecule has 0 bridgehead atoms. The van der Waals surface area contributed by atoms with Gasteiger partial charge in [0, 0.05) is 50.6 Å². The number of carbonyl (C=O) groups excluding carboxylic acids is 1. The van der Waals surface area contributed by atoms with Crippen LogP contribution in [-0.4, -0.2) is 53.5 Å². The number of aromatic nitrogens is 2. The summed E-state index contributed by atoms with van der Waals surface area (Å²) in [7, 11) is 1.73. The smallest absolute Gasteiger partial charge is 0.229 e. The first-order valence-electron chi connectivity index (χ1n) is 9.35. The van der Waals surface area contributed by atoms with E-state index in [1.165, 1.54) is 5.56 Å². The van der Waals surface area contributed by atoms with E-state index in [0.29, 0.717) is 5.95 Å². The fraction of sp³-hybridized carbons (Fsp3) is 0.450. The van der Waals surface area contributed by atoms with Crippen LogP contribution in [0.25, 0.3) is 0 Å². The fourth-order valence-electron chi connectivity index (χ4n) is 4.58. The standard InChI is InChI=1S/C20H24ClN5O/c1-22-18(27)20-8-2-11-26(19-23-9-3-10-24-19)17(20)13-25(14-20)12-15-4-6-16(21)7-5-15/h3-7,9-10,17H,2,8,11-14H2,1H3,(H,22,27)/t17-,20-/m0/s1. The lowest BCUT2D eigenvalue weighted by Gasteiger charge is -2.44. The van der Waals surface area contributed by atoms with Gasteiger partial charge in [0.15, 0.2) is 0 Å². The van der Waals surface area contributed by atoms with Gasteiger partial charge in [0.25, 0.3) is 0 Å². The minimum Gasteiger partial charge on any atom is -0.359 e. The molecule has 2 atom stereocenters. The maximum absolute atomic E-state index is 13.0. The zero-order valence-corrected chi connectivity index (χ0v) is 16.2. The molecule has 1 aromatic carbocycles. The molecule has 0 saturated carbocycles. The van der Waals surface area contributed by atoms with E-state index in [2.05, 4.69) is 37.2 Å². The number of nitrogens with one attached hydrogen (secondary N) is 1. The van der Waals surface area contributed by atoms with Gasteiger partial charge in [-0.15, -0.1) is 0 Å². The average molecular weight is 386 g/mol. The van der Waals surface area contributed by atoms with Crippen molar-refractivity contribution in [3.8, 4) is 0 Å². The third-order valence-electron chi connectivity index (χ3n) is 5.78. The first-order chi connectivity index (χ1) is 13.1. The van der Waals surface area contributed by atoms with E-state index in [0.717, 1.165) is 44.0 Å². The summed E-state index contributed by atoms with van der Waals surface area (Å²) in [5, 5.41) is 3.65. The highest BCUT2D eigenvalue weighted by Gasteiger charge is 2.55. The van der Waals surface area contributed by atoms with Gasteiger partial charge in [0.05, 0.1) is 11.5 Å². The molecule has 2 aromatic rings. The van der Waals surface area contributed by atoms with Crippen LogP contribution in [0.4, 0.5) is 5.95 Å². The molecule has 0 spiro atoms. The second-order valence-electron chi connectivity index (χ2n) is 7.39. The molecule has 2 aliphatic heterocycles. The summed E-state index contributed by atoms with van der Waals surface area (Å²) < 4.78 is 0. The second-order valence-corrected chi connectivity index (χ2v) is 7.83. The van der Waals surface area contributed by atoms with Gasteiger partial charge in [0.2, 0.25) is 11.9 Å². The molecule has 4 rings (SSSR count). The molecule has 0 aliphatic carbocycles. The molecule has 3 heterocycles. The molecule has 2 aliphatic rings. The van der Waals surface area contributed by atoms with Gasteiger partial charge in [0.1, 0.15) is 0 Å². The number of anilines is 1. The number of hydrogen-bond acceptors (Lipinski definition) is 5. The van der Waals surface area contributed by atoms with Gasteiger partial charge in [-0.3, -0.25) is 9.69 Å². The van der Waals surface area contributed by atoms with E-state index < -0.39 is 5.41 Å². The molecule has 142 valence electrons.